The number of pyridine rings is 1. The summed E-state index contributed by atoms with van der Waals surface area (Å²) < 4.78 is 12.3. The van der Waals surface area contributed by atoms with E-state index >= 15 is 0 Å². The van der Waals surface area contributed by atoms with Crippen molar-refractivity contribution < 1.29 is 14.3 Å². The van der Waals surface area contributed by atoms with E-state index in [4.69, 9.17) is 15.2 Å². The number of amides is 1. The van der Waals surface area contributed by atoms with Gasteiger partial charge in [-0.25, -0.2) is 4.98 Å². The highest BCUT2D eigenvalue weighted by Crippen LogP contribution is 2.34. The van der Waals surface area contributed by atoms with Gasteiger partial charge >= 0.3 is 0 Å². The Labute approximate surface area is 162 Å². The van der Waals surface area contributed by atoms with E-state index in [1.165, 1.54) is 0 Å². The van der Waals surface area contributed by atoms with Gasteiger partial charge in [-0.3, -0.25) is 9.48 Å². The molecule has 28 heavy (non-hydrogen) atoms. The predicted molar refractivity (Wildman–Crippen MR) is 105 cm³/mol. The Morgan fingerprint density at radius 2 is 2.00 bits per heavy atom. The molecule has 0 aliphatic carbocycles. The number of benzene rings is 1. The second-order valence-electron chi connectivity index (χ2n) is 6.45. The summed E-state index contributed by atoms with van der Waals surface area (Å²) in [5.74, 6) is 0.966. The van der Waals surface area contributed by atoms with Crippen LogP contribution in [0.5, 0.6) is 11.6 Å². The maximum atomic E-state index is 12.8. The van der Waals surface area contributed by atoms with E-state index in [-0.39, 0.29) is 5.91 Å². The molecule has 2 N–H and O–H groups in total. The van der Waals surface area contributed by atoms with E-state index in [2.05, 4.69) is 10.1 Å². The van der Waals surface area contributed by atoms with Crippen LogP contribution in [-0.2, 0) is 13.1 Å². The van der Waals surface area contributed by atoms with Crippen LogP contribution in [0.15, 0.2) is 42.9 Å². The number of nitrogens with zero attached hydrogens (tertiary/aromatic N) is 4. The molecule has 144 valence electrons. The summed E-state index contributed by atoms with van der Waals surface area (Å²) >= 11 is 0. The standard InChI is InChI=1S/C20H21N5O3/c1-27-18-8-14(9-22-19(18)28-2)13-3-4-17-15(7-13)11-25(20(17)26)16-10-23-24(12-16)6-5-21/h3-4,7-10,12H,5-6,11,21H2,1-2H3. The topological polar surface area (TPSA) is 95.5 Å². The zero-order valence-electron chi connectivity index (χ0n) is 15.8. The minimum absolute atomic E-state index is 0.0284. The number of ether oxygens (including phenoxy) is 2. The van der Waals surface area contributed by atoms with Crippen LogP contribution in [0.4, 0.5) is 5.69 Å². The van der Waals surface area contributed by atoms with Crippen LogP contribution in [0.2, 0.25) is 0 Å². The number of nitrogens with two attached hydrogens (primary N) is 1. The average Bonchev–Trinajstić information content (AvgIpc) is 3.31. The highest BCUT2D eigenvalue weighted by Gasteiger charge is 2.29. The number of fused-ring (bicyclic) bond motifs is 1. The molecule has 1 aliphatic heterocycles. The van der Waals surface area contributed by atoms with Crippen LogP contribution in [0.1, 0.15) is 15.9 Å². The molecule has 8 heteroatoms. The largest absolute Gasteiger partial charge is 0.491 e. The fourth-order valence-electron chi connectivity index (χ4n) is 3.34. The zero-order chi connectivity index (χ0) is 19.7. The van der Waals surface area contributed by atoms with E-state index in [0.717, 1.165) is 22.4 Å². The number of carbonyl (C=O) groups excluding carboxylic acids is 1. The van der Waals surface area contributed by atoms with Crippen molar-refractivity contribution in [3.63, 3.8) is 0 Å². The molecule has 1 aromatic carbocycles. The van der Waals surface area contributed by atoms with Crippen molar-refractivity contribution in [2.75, 3.05) is 25.7 Å². The second-order valence-corrected chi connectivity index (χ2v) is 6.45. The highest BCUT2D eigenvalue weighted by atomic mass is 16.5. The van der Waals surface area contributed by atoms with Crippen LogP contribution in [0.3, 0.4) is 0 Å². The van der Waals surface area contributed by atoms with Crippen molar-refractivity contribution in [1.29, 1.82) is 0 Å². The van der Waals surface area contributed by atoms with Crippen LogP contribution in [0.25, 0.3) is 11.1 Å². The lowest BCUT2D eigenvalue weighted by Gasteiger charge is -2.12. The number of aromatic nitrogens is 3. The van der Waals surface area contributed by atoms with Crippen LogP contribution in [-0.4, -0.2) is 41.4 Å². The zero-order valence-corrected chi connectivity index (χ0v) is 15.8. The first kappa shape index (κ1) is 18.0. The van der Waals surface area contributed by atoms with E-state index in [1.807, 2.05) is 30.5 Å². The minimum Gasteiger partial charge on any atom is -0.491 e. The SMILES string of the molecule is COc1cc(-c2ccc3c(c2)CN(c2cnn(CCN)c2)C3=O)cnc1OC. The van der Waals surface area contributed by atoms with E-state index in [0.29, 0.717) is 36.8 Å². The van der Waals surface area contributed by atoms with Crippen LogP contribution >= 0.6 is 0 Å². The lowest BCUT2D eigenvalue weighted by molar-refractivity contribution is 0.0996. The molecule has 2 aromatic heterocycles. The molecule has 0 saturated carbocycles. The number of rotatable bonds is 6. The quantitative estimate of drug-likeness (QED) is 0.705. The Bertz CT molecular complexity index is 1030. The molecule has 0 saturated heterocycles. The molecule has 0 radical (unpaired) electrons. The van der Waals surface area contributed by atoms with Gasteiger partial charge in [0.05, 0.1) is 39.2 Å². The van der Waals surface area contributed by atoms with E-state index in [9.17, 15) is 4.79 Å². The van der Waals surface area contributed by atoms with Gasteiger partial charge in [-0.15, -0.1) is 0 Å². The van der Waals surface area contributed by atoms with Gasteiger partial charge in [0.15, 0.2) is 5.75 Å². The molecule has 8 nitrogen and oxygen atoms in total. The van der Waals surface area contributed by atoms with E-state index in [1.54, 1.807) is 36.2 Å². The van der Waals surface area contributed by atoms with Gasteiger partial charge in [-0.2, -0.15) is 5.10 Å². The molecule has 4 rings (SSSR count). The van der Waals surface area contributed by atoms with Crippen molar-refractivity contribution in [1.82, 2.24) is 14.8 Å². The molecule has 0 atom stereocenters. The first-order valence-corrected chi connectivity index (χ1v) is 8.90. The summed E-state index contributed by atoms with van der Waals surface area (Å²) in [6.07, 6.45) is 5.27. The molecule has 0 fully saturated rings. The van der Waals surface area contributed by atoms with Crippen molar-refractivity contribution >= 4 is 11.6 Å². The normalized spacial score (nSPS) is 13.0. The predicted octanol–water partition coefficient (Wildman–Crippen LogP) is 2.08. The number of anilines is 1. The number of carbonyl (C=O) groups is 1. The Kier molecular flexibility index (Phi) is 4.70. The summed E-state index contributed by atoms with van der Waals surface area (Å²) in [7, 11) is 3.13. The van der Waals surface area contributed by atoms with Crippen molar-refractivity contribution in [2.24, 2.45) is 5.73 Å². The van der Waals surface area contributed by atoms with Crippen molar-refractivity contribution in [3.8, 4) is 22.8 Å². The molecule has 3 aromatic rings. The molecule has 0 unspecified atom stereocenters. The van der Waals surface area contributed by atoms with Gasteiger partial charge < -0.3 is 20.1 Å². The van der Waals surface area contributed by atoms with Crippen molar-refractivity contribution in [2.45, 2.75) is 13.1 Å². The monoisotopic (exact) mass is 379 g/mol. The van der Waals surface area contributed by atoms with Crippen LogP contribution < -0.4 is 20.1 Å². The average molecular weight is 379 g/mol. The molecule has 1 amide bonds. The third kappa shape index (κ3) is 3.07. The van der Waals surface area contributed by atoms with Gasteiger partial charge in [0, 0.05) is 30.1 Å². The summed E-state index contributed by atoms with van der Waals surface area (Å²) in [5, 5.41) is 4.26. The first-order valence-electron chi connectivity index (χ1n) is 8.90. The maximum absolute atomic E-state index is 12.8. The first-order chi connectivity index (χ1) is 13.6. The minimum atomic E-state index is -0.0284. The van der Waals surface area contributed by atoms with Gasteiger partial charge in [-0.05, 0) is 29.3 Å². The fourth-order valence-corrected chi connectivity index (χ4v) is 3.34. The number of methoxy groups -OCH3 is 2. The summed E-state index contributed by atoms with van der Waals surface area (Å²) in [4.78, 5) is 18.8. The molecule has 1 aliphatic rings. The second kappa shape index (κ2) is 7.32. The van der Waals surface area contributed by atoms with E-state index < -0.39 is 0 Å². The lowest BCUT2D eigenvalue weighted by Crippen LogP contribution is -2.22. The Morgan fingerprint density at radius 1 is 1.14 bits per heavy atom. The molecule has 0 spiro atoms. The summed E-state index contributed by atoms with van der Waals surface area (Å²) in [5.41, 5.74) is 9.84. The Morgan fingerprint density at radius 3 is 2.75 bits per heavy atom. The third-order valence-corrected chi connectivity index (χ3v) is 4.76. The van der Waals surface area contributed by atoms with Crippen molar-refractivity contribution in [3.05, 3.63) is 54.0 Å². The Balaban J connectivity index is 1.63. The number of hydrogen-bond donors (Lipinski definition) is 1. The molecule has 3 heterocycles. The smallest absolute Gasteiger partial charge is 0.259 e. The Hall–Kier alpha value is -3.39. The fraction of sp³-hybridized carbons (Fsp3) is 0.250. The highest BCUT2D eigenvalue weighted by molar-refractivity contribution is 6.10. The summed E-state index contributed by atoms with van der Waals surface area (Å²) in [6.45, 7) is 1.61. The van der Waals surface area contributed by atoms with Crippen LogP contribution in [0, 0.1) is 0 Å². The van der Waals surface area contributed by atoms with Gasteiger partial charge in [0.25, 0.3) is 11.8 Å². The van der Waals surface area contributed by atoms with Gasteiger partial charge in [-0.1, -0.05) is 6.07 Å². The summed E-state index contributed by atoms with van der Waals surface area (Å²) in [6, 6.07) is 7.66. The lowest BCUT2D eigenvalue weighted by atomic mass is 10.0. The van der Waals surface area contributed by atoms with Gasteiger partial charge in [0.2, 0.25) is 0 Å². The molecular weight excluding hydrogens is 358 g/mol. The maximum Gasteiger partial charge on any atom is 0.259 e. The molecule has 0 bridgehead atoms. The van der Waals surface area contributed by atoms with Gasteiger partial charge in [0.1, 0.15) is 0 Å². The third-order valence-electron chi connectivity index (χ3n) is 4.76. The molecular formula is C20H21N5O3. The number of hydrogen-bond acceptors (Lipinski definition) is 6.